The highest BCUT2D eigenvalue weighted by molar-refractivity contribution is 5.76. The van der Waals surface area contributed by atoms with Gasteiger partial charge in [0.05, 0.1) is 25.4 Å². The Morgan fingerprint density at radius 1 is 0.589 bits per heavy atom. The topological polar surface area (TPSA) is 149 Å². The van der Waals surface area contributed by atoms with Crippen LogP contribution >= 0.6 is 0 Å². The van der Waals surface area contributed by atoms with Crippen LogP contribution in [0.2, 0.25) is 0 Å². The molecular formula is C47H89NO8. The van der Waals surface area contributed by atoms with Crippen LogP contribution in [0.3, 0.4) is 0 Å². The molecule has 0 spiro atoms. The summed E-state index contributed by atoms with van der Waals surface area (Å²) in [5.74, 6) is -0.182. The van der Waals surface area contributed by atoms with Crippen molar-refractivity contribution < 1.29 is 39.8 Å². The molecule has 0 bridgehead atoms. The first-order valence-corrected chi connectivity index (χ1v) is 23.6. The summed E-state index contributed by atoms with van der Waals surface area (Å²) < 4.78 is 11.2. The zero-order valence-corrected chi connectivity index (χ0v) is 36.1. The predicted octanol–water partition coefficient (Wildman–Crippen LogP) is 9.89. The van der Waals surface area contributed by atoms with Crippen LogP contribution in [0.5, 0.6) is 0 Å². The second-order valence-corrected chi connectivity index (χ2v) is 16.5. The third kappa shape index (κ3) is 28.2. The maximum Gasteiger partial charge on any atom is 0.220 e. The van der Waals surface area contributed by atoms with E-state index in [1.54, 1.807) is 6.08 Å². The molecule has 1 amide bonds. The summed E-state index contributed by atoms with van der Waals surface area (Å²) in [6.07, 6.45) is 38.1. The molecule has 330 valence electrons. The third-order valence-corrected chi connectivity index (χ3v) is 11.3. The molecule has 6 N–H and O–H groups in total. The van der Waals surface area contributed by atoms with Crippen molar-refractivity contribution in [1.29, 1.82) is 0 Å². The van der Waals surface area contributed by atoms with Crippen molar-refractivity contribution in [1.82, 2.24) is 5.32 Å². The first kappa shape index (κ1) is 52.7. The smallest absolute Gasteiger partial charge is 0.220 e. The lowest BCUT2D eigenvalue weighted by Gasteiger charge is -2.40. The Morgan fingerprint density at radius 2 is 1.00 bits per heavy atom. The number of hydrogen-bond donors (Lipinski definition) is 6. The lowest BCUT2D eigenvalue weighted by atomic mass is 9.99. The molecule has 9 heteroatoms. The highest BCUT2D eigenvalue weighted by atomic mass is 16.7. The molecule has 1 fully saturated rings. The Hall–Kier alpha value is -1.33. The summed E-state index contributed by atoms with van der Waals surface area (Å²) in [6, 6.07) is -0.802. The maximum atomic E-state index is 12.9. The Morgan fingerprint density at radius 3 is 1.45 bits per heavy atom. The fourth-order valence-electron chi connectivity index (χ4n) is 7.44. The summed E-state index contributed by atoms with van der Waals surface area (Å²) in [7, 11) is 0. The number of nitrogens with one attached hydrogen (secondary N) is 1. The van der Waals surface area contributed by atoms with Gasteiger partial charge in [0.1, 0.15) is 24.4 Å². The van der Waals surface area contributed by atoms with Crippen molar-refractivity contribution in [3.63, 3.8) is 0 Å². The minimum absolute atomic E-state index is 0.182. The highest BCUT2D eigenvalue weighted by Crippen LogP contribution is 2.23. The molecule has 1 aliphatic heterocycles. The van der Waals surface area contributed by atoms with E-state index < -0.39 is 49.5 Å². The Balaban J connectivity index is 2.22. The molecule has 56 heavy (non-hydrogen) atoms. The standard InChI is InChI=1S/C47H89NO8/c1-3-5-7-9-11-13-14-15-16-17-18-19-20-21-22-23-24-25-26-27-29-31-33-35-37-43(51)48-40(41(50)36-34-32-30-28-12-10-8-6-4-2)39-55-47-46(54)45(53)44(52)42(38-49)56-47/h21-22,34,36,40-42,44-47,49-50,52-54H,3-20,23-33,35,37-39H2,1-2H3,(H,48,51)/b22-21-,36-34+. The minimum atomic E-state index is -1.56. The van der Waals surface area contributed by atoms with Gasteiger partial charge in [-0.3, -0.25) is 4.79 Å². The lowest BCUT2D eigenvalue weighted by Crippen LogP contribution is -2.60. The van der Waals surface area contributed by atoms with E-state index in [1.807, 2.05) is 6.08 Å². The molecule has 0 aromatic rings. The van der Waals surface area contributed by atoms with E-state index in [9.17, 15) is 30.3 Å². The number of allylic oxidation sites excluding steroid dienone is 3. The van der Waals surface area contributed by atoms with Gasteiger partial charge in [0.25, 0.3) is 0 Å². The molecule has 1 aliphatic rings. The summed E-state index contributed by atoms with van der Waals surface area (Å²) in [4.78, 5) is 12.9. The second-order valence-electron chi connectivity index (χ2n) is 16.5. The highest BCUT2D eigenvalue weighted by Gasteiger charge is 2.44. The molecule has 0 saturated carbocycles. The van der Waals surface area contributed by atoms with E-state index in [-0.39, 0.29) is 12.5 Å². The Labute approximate surface area is 343 Å². The number of ether oxygens (including phenoxy) is 2. The van der Waals surface area contributed by atoms with Crippen molar-refractivity contribution in [2.75, 3.05) is 13.2 Å². The van der Waals surface area contributed by atoms with Gasteiger partial charge in [0.2, 0.25) is 5.91 Å². The van der Waals surface area contributed by atoms with Gasteiger partial charge in [-0.2, -0.15) is 0 Å². The first-order valence-electron chi connectivity index (χ1n) is 23.6. The largest absolute Gasteiger partial charge is 0.394 e. The summed E-state index contributed by atoms with van der Waals surface area (Å²) >= 11 is 0. The average molecular weight is 796 g/mol. The first-order chi connectivity index (χ1) is 27.3. The molecule has 0 aromatic heterocycles. The van der Waals surface area contributed by atoms with Crippen LogP contribution in [0, 0.1) is 0 Å². The number of aliphatic hydroxyl groups excluding tert-OH is 5. The van der Waals surface area contributed by atoms with E-state index in [2.05, 4.69) is 31.3 Å². The van der Waals surface area contributed by atoms with Crippen LogP contribution in [0.15, 0.2) is 24.3 Å². The number of carbonyl (C=O) groups is 1. The quantitative estimate of drug-likeness (QED) is 0.0266. The predicted molar refractivity (Wildman–Crippen MR) is 230 cm³/mol. The van der Waals surface area contributed by atoms with Crippen molar-refractivity contribution in [2.45, 2.75) is 256 Å². The molecule has 7 atom stereocenters. The average Bonchev–Trinajstić information content (AvgIpc) is 3.20. The zero-order chi connectivity index (χ0) is 40.9. The van der Waals surface area contributed by atoms with Gasteiger partial charge in [-0.15, -0.1) is 0 Å². The van der Waals surface area contributed by atoms with E-state index in [1.165, 1.54) is 154 Å². The summed E-state index contributed by atoms with van der Waals surface area (Å²) in [5.41, 5.74) is 0. The van der Waals surface area contributed by atoms with Gasteiger partial charge in [-0.05, 0) is 44.9 Å². The Bertz CT molecular complexity index is 930. The summed E-state index contributed by atoms with van der Waals surface area (Å²) in [6.45, 7) is 3.74. The van der Waals surface area contributed by atoms with E-state index in [4.69, 9.17) is 9.47 Å². The normalized spacial score (nSPS) is 21.3. The SMILES string of the molecule is CCCCCCCCC/C=C/C(O)C(COC1OC(CO)C(O)C(O)C1O)NC(=O)CCCCCCCCCC/C=C\CCCCCCCCCCCCCC. The van der Waals surface area contributed by atoms with Gasteiger partial charge in [0, 0.05) is 6.42 Å². The number of hydrogen-bond acceptors (Lipinski definition) is 8. The van der Waals surface area contributed by atoms with Crippen LogP contribution in [0.25, 0.3) is 0 Å². The van der Waals surface area contributed by atoms with Crippen LogP contribution < -0.4 is 5.32 Å². The fraction of sp³-hybridized carbons (Fsp3) is 0.894. The molecule has 1 saturated heterocycles. The van der Waals surface area contributed by atoms with Gasteiger partial charge in [0.15, 0.2) is 6.29 Å². The van der Waals surface area contributed by atoms with E-state index >= 15 is 0 Å². The van der Waals surface area contributed by atoms with E-state index in [0.717, 1.165) is 38.5 Å². The third-order valence-electron chi connectivity index (χ3n) is 11.3. The maximum absolute atomic E-state index is 12.9. The summed E-state index contributed by atoms with van der Waals surface area (Å²) in [5, 5.41) is 54.0. The van der Waals surface area contributed by atoms with Crippen LogP contribution in [0.4, 0.5) is 0 Å². The van der Waals surface area contributed by atoms with Crippen LogP contribution in [0.1, 0.15) is 213 Å². The number of rotatable bonds is 39. The van der Waals surface area contributed by atoms with E-state index in [0.29, 0.717) is 6.42 Å². The van der Waals surface area contributed by atoms with Crippen molar-refractivity contribution in [2.24, 2.45) is 0 Å². The molecule has 9 nitrogen and oxygen atoms in total. The van der Waals surface area contributed by atoms with Crippen LogP contribution in [-0.4, -0.2) is 87.5 Å². The van der Waals surface area contributed by atoms with Crippen molar-refractivity contribution >= 4 is 5.91 Å². The van der Waals surface area contributed by atoms with Crippen LogP contribution in [-0.2, 0) is 14.3 Å². The van der Waals surface area contributed by atoms with Crippen molar-refractivity contribution in [3.05, 3.63) is 24.3 Å². The number of unbranched alkanes of at least 4 members (excludes halogenated alkanes) is 27. The molecule has 0 aliphatic carbocycles. The number of amides is 1. The van der Waals surface area contributed by atoms with Crippen molar-refractivity contribution in [3.8, 4) is 0 Å². The van der Waals surface area contributed by atoms with Gasteiger partial charge >= 0.3 is 0 Å². The molecule has 7 unspecified atom stereocenters. The monoisotopic (exact) mass is 796 g/mol. The Kier molecular flexibility index (Phi) is 35.7. The molecule has 0 radical (unpaired) electrons. The molecule has 0 aromatic carbocycles. The lowest BCUT2D eigenvalue weighted by molar-refractivity contribution is -0.302. The number of carbonyl (C=O) groups excluding carboxylic acids is 1. The molecule has 1 heterocycles. The van der Waals surface area contributed by atoms with Gasteiger partial charge < -0.3 is 40.3 Å². The van der Waals surface area contributed by atoms with Gasteiger partial charge in [-0.1, -0.05) is 186 Å². The van der Waals surface area contributed by atoms with Gasteiger partial charge in [-0.25, -0.2) is 0 Å². The zero-order valence-electron chi connectivity index (χ0n) is 36.1. The number of aliphatic hydroxyl groups is 5. The fourth-order valence-corrected chi connectivity index (χ4v) is 7.44. The molecule has 1 rings (SSSR count). The minimum Gasteiger partial charge on any atom is -0.394 e. The second kappa shape index (κ2) is 37.9. The molecular weight excluding hydrogens is 707 g/mol.